The molecular formula is C20H37IN4O2. The number of guanidine groups is 1. The van der Waals surface area contributed by atoms with Gasteiger partial charge < -0.3 is 25.1 Å². The molecule has 0 saturated carbocycles. The third-order valence-electron chi connectivity index (χ3n) is 4.85. The van der Waals surface area contributed by atoms with E-state index in [-0.39, 0.29) is 30.5 Å². The second-order valence-corrected chi connectivity index (χ2v) is 7.71. The van der Waals surface area contributed by atoms with Gasteiger partial charge in [0.15, 0.2) is 5.96 Å². The molecule has 0 amide bonds. The maximum atomic E-state index is 10.6. The highest BCUT2D eigenvalue weighted by Crippen LogP contribution is 2.23. The molecule has 0 spiro atoms. The van der Waals surface area contributed by atoms with E-state index in [0.29, 0.717) is 5.76 Å². The number of rotatable bonds is 8. The molecule has 2 unspecified atom stereocenters. The predicted molar refractivity (Wildman–Crippen MR) is 122 cm³/mol. The smallest absolute Gasteiger partial charge is 0.191 e. The topological polar surface area (TPSA) is 73.0 Å². The number of aryl methyl sites for hydroxylation is 1. The zero-order valence-corrected chi connectivity index (χ0v) is 19.6. The van der Waals surface area contributed by atoms with E-state index in [9.17, 15) is 5.11 Å². The predicted octanol–water partition coefficient (Wildman–Crippen LogP) is 3.09. The third kappa shape index (κ3) is 8.39. The Hall–Kier alpha value is -0.800. The highest BCUT2D eigenvalue weighted by Gasteiger charge is 2.26. The van der Waals surface area contributed by atoms with Gasteiger partial charge in [-0.25, -0.2) is 4.99 Å². The van der Waals surface area contributed by atoms with Gasteiger partial charge in [0.05, 0.1) is 6.54 Å². The van der Waals surface area contributed by atoms with E-state index in [0.717, 1.165) is 43.7 Å². The Balaban J connectivity index is 0.00000364. The number of halogens is 1. The molecule has 156 valence electrons. The van der Waals surface area contributed by atoms with Gasteiger partial charge in [0, 0.05) is 19.6 Å². The summed E-state index contributed by atoms with van der Waals surface area (Å²) >= 11 is 0. The molecule has 2 heterocycles. The summed E-state index contributed by atoms with van der Waals surface area (Å²) in [5.74, 6) is 2.90. The van der Waals surface area contributed by atoms with Crippen LogP contribution in [0.25, 0.3) is 0 Å². The van der Waals surface area contributed by atoms with Crippen LogP contribution in [0, 0.1) is 12.8 Å². The second-order valence-electron chi connectivity index (χ2n) is 7.71. The Bertz CT molecular complexity index is 574. The van der Waals surface area contributed by atoms with Gasteiger partial charge in [-0.05, 0) is 71.2 Å². The van der Waals surface area contributed by atoms with Crippen LogP contribution in [0.3, 0.4) is 0 Å². The number of nitrogens with zero attached hydrogens (tertiary/aromatic N) is 2. The van der Waals surface area contributed by atoms with Crippen LogP contribution in [-0.2, 0) is 5.60 Å². The average Bonchev–Trinajstić information content (AvgIpc) is 3.04. The molecule has 7 heteroatoms. The molecule has 0 aromatic carbocycles. The number of hydrogen-bond acceptors (Lipinski definition) is 4. The molecule has 1 saturated heterocycles. The lowest BCUT2D eigenvalue weighted by Gasteiger charge is -2.30. The Morgan fingerprint density at radius 1 is 1.41 bits per heavy atom. The van der Waals surface area contributed by atoms with Crippen molar-refractivity contribution in [3.63, 3.8) is 0 Å². The van der Waals surface area contributed by atoms with E-state index in [1.165, 1.54) is 25.9 Å². The van der Waals surface area contributed by atoms with Gasteiger partial charge in [-0.1, -0.05) is 6.92 Å². The third-order valence-corrected chi connectivity index (χ3v) is 4.85. The molecular weight excluding hydrogens is 455 g/mol. The quantitative estimate of drug-likeness (QED) is 0.225. The van der Waals surface area contributed by atoms with Crippen molar-refractivity contribution in [2.45, 2.75) is 52.6 Å². The minimum absolute atomic E-state index is 0. The molecule has 1 fully saturated rings. The molecule has 1 aliphatic heterocycles. The summed E-state index contributed by atoms with van der Waals surface area (Å²) in [6.45, 7) is 13.5. The van der Waals surface area contributed by atoms with Crippen LogP contribution < -0.4 is 10.6 Å². The fourth-order valence-electron chi connectivity index (χ4n) is 3.38. The monoisotopic (exact) mass is 492 g/mol. The highest BCUT2D eigenvalue weighted by molar-refractivity contribution is 14.0. The molecule has 0 radical (unpaired) electrons. The first kappa shape index (κ1) is 24.2. The summed E-state index contributed by atoms with van der Waals surface area (Å²) in [5.41, 5.74) is -1.11. The maximum Gasteiger partial charge on any atom is 0.191 e. The van der Waals surface area contributed by atoms with Crippen LogP contribution in [-0.4, -0.2) is 55.2 Å². The van der Waals surface area contributed by atoms with Crippen molar-refractivity contribution in [1.29, 1.82) is 0 Å². The van der Waals surface area contributed by atoms with Crippen LogP contribution in [0.15, 0.2) is 21.5 Å². The molecule has 1 aliphatic rings. The van der Waals surface area contributed by atoms with Gasteiger partial charge in [0.25, 0.3) is 0 Å². The van der Waals surface area contributed by atoms with Gasteiger partial charge in [-0.3, -0.25) is 0 Å². The van der Waals surface area contributed by atoms with Crippen molar-refractivity contribution in [2.75, 3.05) is 39.3 Å². The van der Waals surface area contributed by atoms with Crippen molar-refractivity contribution < 1.29 is 9.52 Å². The number of piperidine rings is 1. The van der Waals surface area contributed by atoms with Crippen LogP contribution in [0.1, 0.15) is 51.6 Å². The lowest BCUT2D eigenvalue weighted by molar-refractivity contribution is 0.0428. The molecule has 0 bridgehead atoms. The first-order valence-corrected chi connectivity index (χ1v) is 9.94. The zero-order valence-electron chi connectivity index (χ0n) is 17.3. The van der Waals surface area contributed by atoms with E-state index in [4.69, 9.17) is 4.42 Å². The Kier molecular flexibility index (Phi) is 10.7. The molecule has 3 N–H and O–H groups in total. The van der Waals surface area contributed by atoms with Gasteiger partial charge >= 0.3 is 0 Å². The van der Waals surface area contributed by atoms with E-state index < -0.39 is 5.60 Å². The van der Waals surface area contributed by atoms with E-state index in [1.807, 2.05) is 26.0 Å². The molecule has 27 heavy (non-hydrogen) atoms. The van der Waals surface area contributed by atoms with Crippen molar-refractivity contribution >= 4 is 29.9 Å². The number of furan rings is 1. The number of nitrogens with one attached hydrogen (secondary N) is 2. The number of likely N-dealkylation sites (tertiary alicyclic amines) is 1. The average molecular weight is 492 g/mol. The molecule has 0 aliphatic carbocycles. The van der Waals surface area contributed by atoms with Gasteiger partial charge in [-0.15, -0.1) is 24.0 Å². The van der Waals surface area contributed by atoms with Crippen molar-refractivity contribution in [3.8, 4) is 0 Å². The Labute approximate surface area is 181 Å². The summed E-state index contributed by atoms with van der Waals surface area (Å²) in [4.78, 5) is 7.10. The number of aliphatic hydroxyl groups is 1. The van der Waals surface area contributed by atoms with Crippen LogP contribution >= 0.6 is 24.0 Å². The summed E-state index contributed by atoms with van der Waals surface area (Å²) in [6.07, 6.45) is 3.77. The molecule has 2 atom stereocenters. The standard InChI is InChI=1S/C20H36N4O2.HI/c1-5-21-19(22-11-7-13-24-12-6-8-16(2)14-24)23-15-20(4,25)18-10-9-17(3)26-18;/h9-10,16,25H,5-8,11-15H2,1-4H3,(H2,21,22,23);1H. The van der Waals surface area contributed by atoms with Crippen molar-refractivity contribution in [1.82, 2.24) is 15.5 Å². The summed E-state index contributed by atoms with van der Waals surface area (Å²) in [6, 6.07) is 3.67. The largest absolute Gasteiger partial charge is 0.463 e. The van der Waals surface area contributed by atoms with Gasteiger partial charge in [0.1, 0.15) is 17.1 Å². The highest BCUT2D eigenvalue weighted by atomic mass is 127. The fourth-order valence-corrected chi connectivity index (χ4v) is 3.38. The SMILES string of the molecule is CCNC(=NCC(C)(O)c1ccc(C)o1)NCCCN1CCCC(C)C1.I. The molecule has 1 aromatic rings. The van der Waals surface area contributed by atoms with Crippen molar-refractivity contribution in [3.05, 3.63) is 23.7 Å². The minimum Gasteiger partial charge on any atom is -0.463 e. The minimum atomic E-state index is -1.11. The van der Waals surface area contributed by atoms with E-state index in [1.54, 1.807) is 6.92 Å². The molecule has 6 nitrogen and oxygen atoms in total. The fraction of sp³-hybridized carbons (Fsp3) is 0.750. The van der Waals surface area contributed by atoms with Crippen LogP contribution in [0.2, 0.25) is 0 Å². The molecule has 1 aromatic heterocycles. The summed E-state index contributed by atoms with van der Waals surface area (Å²) in [5, 5.41) is 17.2. The summed E-state index contributed by atoms with van der Waals surface area (Å²) < 4.78 is 5.55. The van der Waals surface area contributed by atoms with Crippen LogP contribution in [0.5, 0.6) is 0 Å². The summed E-state index contributed by atoms with van der Waals surface area (Å²) in [7, 11) is 0. The van der Waals surface area contributed by atoms with Crippen LogP contribution in [0.4, 0.5) is 0 Å². The number of hydrogen-bond donors (Lipinski definition) is 3. The zero-order chi connectivity index (χ0) is 19.0. The molecule has 2 rings (SSSR count). The number of aliphatic imine (C=N–C) groups is 1. The first-order chi connectivity index (χ1) is 12.4. The Morgan fingerprint density at radius 2 is 2.19 bits per heavy atom. The van der Waals surface area contributed by atoms with Gasteiger partial charge in [-0.2, -0.15) is 0 Å². The van der Waals surface area contributed by atoms with E-state index >= 15 is 0 Å². The van der Waals surface area contributed by atoms with Gasteiger partial charge in [0.2, 0.25) is 0 Å². The lowest BCUT2D eigenvalue weighted by atomic mass is 10.0. The Morgan fingerprint density at radius 3 is 2.81 bits per heavy atom. The lowest BCUT2D eigenvalue weighted by Crippen LogP contribution is -2.41. The maximum absolute atomic E-state index is 10.6. The normalized spacial score (nSPS) is 20.6. The first-order valence-electron chi connectivity index (χ1n) is 9.94. The van der Waals surface area contributed by atoms with E-state index in [2.05, 4.69) is 27.4 Å². The second kappa shape index (κ2) is 11.9. The van der Waals surface area contributed by atoms with Crippen molar-refractivity contribution in [2.24, 2.45) is 10.9 Å².